The van der Waals surface area contributed by atoms with E-state index in [1.165, 1.54) is 21.6 Å². The molecule has 0 aliphatic rings. The highest BCUT2D eigenvalue weighted by atomic mass is 33.1. The average molecular weight is 341 g/mol. The highest BCUT2D eigenvalue weighted by molar-refractivity contribution is 8.78. The predicted octanol–water partition coefficient (Wildman–Crippen LogP) is 2.88. The predicted molar refractivity (Wildman–Crippen MR) is 91.2 cm³/mol. The van der Waals surface area contributed by atoms with Crippen molar-refractivity contribution >= 4 is 55.0 Å². The van der Waals surface area contributed by atoms with Gasteiger partial charge in [-0.2, -0.15) is 0 Å². The Labute approximate surface area is 130 Å². The molecule has 0 radical (unpaired) electrons. The van der Waals surface area contributed by atoms with Crippen molar-refractivity contribution in [3.05, 3.63) is 11.6 Å². The van der Waals surface area contributed by atoms with Gasteiger partial charge in [-0.1, -0.05) is 39.0 Å². The fraction of sp³-hybridized carbons (Fsp3) is 0.636. The van der Waals surface area contributed by atoms with Gasteiger partial charge in [-0.05, 0) is 29.7 Å². The molecule has 0 aliphatic carbocycles. The summed E-state index contributed by atoms with van der Waals surface area (Å²) in [4.78, 5) is 22.9. The molecule has 8 heteroatoms. The first kappa shape index (κ1) is 19.1. The Morgan fingerprint density at radius 3 is 2.42 bits per heavy atom. The number of carbonyl (C=O) groups is 2. The highest BCUT2D eigenvalue weighted by Crippen LogP contribution is 2.23. The Kier molecular flexibility index (Phi) is 13.1. The van der Waals surface area contributed by atoms with E-state index in [9.17, 15) is 9.59 Å². The fourth-order valence-electron chi connectivity index (χ4n) is 1.15. The first-order valence-corrected chi connectivity index (χ1v) is 11.0. The third kappa shape index (κ3) is 12.8. The fourth-order valence-corrected chi connectivity index (χ4v) is 3.34. The zero-order valence-electron chi connectivity index (χ0n) is 11.2. The van der Waals surface area contributed by atoms with Crippen LogP contribution in [0.1, 0.15) is 19.3 Å². The van der Waals surface area contributed by atoms with Gasteiger partial charge in [0.05, 0.1) is 5.03 Å². The molecule has 0 saturated heterocycles. The average Bonchev–Trinajstić information content (AvgIpc) is 2.35. The number of rotatable bonds is 11. The SMILES string of the molecule is C=C(NC(=O)CCCC(=O)NCCSSC)SSC. The van der Waals surface area contributed by atoms with Crippen LogP contribution in [0, 0.1) is 0 Å². The molecule has 0 aromatic heterocycles. The second-order valence-electron chi connectivity index (χ2n) is 3.41. The molecule has 0 aliphatic heterocycles. The van der Waals surface area contributed by atoms with E-state index in [1.807, 2.05) is 12.5 Å². The van der Waals surface area contributed by atoms with Crippen LogP contribution in [0.15, 0.2) is 11.6 Å². The number of hydrogen-bond donors (Lipinski definition) is 2. The van der Waals surface area contributed by atoms with Crippen LogP contribution in [-0.4, -0.2) is 36.6 Å². The summed E-state index contributed by atoms with van der Waals surface area (Å²) in [6.07, 6.45) is 5.22. The molecule has 0 saturated carbocycles. The summed E-state index contributed by atoms with van der Waals surface area (Å²) in [7, 11) is 6.35. The molecule has 0 bridgehead atoms. The first-order chi connectivity index (χ1) is 9.10. The molecule has 0 rings (SSSR count). The van der Waals surface area contributed by atoms with E-state index in [0.29, 0.717) is 30.8 Å². The van der Waals surface area contributed by atoms with E-state index in [4.69, 9.17) is 0 Å². The van der Waals surface area contributed by atoms with Crippen LogP contribution in [0.4, 0.5) is 0 Å². The molecule has 0 fully saturated rings. The van der Waals surface area contributed by atoms with Crippen LogP contribution in [0.25, 0.3) is 0 Å². The zero-order valence-corrected chi connectivity index (χ0v) is 14.5. The van der Waals surface area contributed by atoms with Crippen LogP contribution in [0.2, 0.25) is 0 Å². The molecule has 2 amide bonds. The van der Waals surface area contributed by atoms with Gasteiger partial charge in [-0.3, -0.25) is 9.59 Å². The Hall–Kier alpha value is 0.0800. The topological polar surface area (TPSA) is 58.2 Å². The minimum Gasteiger partial charge on any atom is -0.355 e. The molecule has 110 valence electrons. The Morgan fingerprint density at radius 1 is 1.11 bits per heavy atom. The lowest BCUT2D eigenvalue weighted by atomic mass is 10.2. The van der Waals surface area contributed by atoms with Crippen molar-refractivity contribution in [1.82, 2.24) is 10.6 Å². The van der Waals surface area contributed by atoms with Gasteiger partial charge in [-0.25, -0.2) is 0 Å². The summed E-state index contributed by atoms with van der Waals surface area (Å²) >= 11 is 0. The Morgan fingerprint density at radius 2 is 1.79 bits per heavy atom. The molecule has 0 aromatic carbocycles. The van der Waals surface area contributed by atoms with Crippen LogP contribution >= 0.6 is 43.2 Å². The standard InChI is InChI=1S/C11H20N2O2S4/c1-9(19-17-3)13-11(15)6-4-5-10(14)12-7-8-18-16-2/h1,4-8H2,2-3H3,(H,12,14)(H,13,15). The van der Waals surface area contributed by atoms with Gasteiger partial charge in [-0.15, -0.1) is 0 Å². The largest absolute Gasteiger partial charge is 0.355 e. The Balaban J connectivity index is 3.53. The number of hydrogen-bond acceptors (Lipinski definition) is 6. The van der Waals surface area contributed by atoms with Gasteiger partial charge in [0, 0.05) is 25.1 Å². The van der Waals surface area contributed by atoms with E-state index in [-0.39, 0.29) is 11.8 Å². The highest BCUT2D eigenvalue weighted by Gasteiger charge is 2.06. The second-order valence-corrected chi connectivity index (χ2v) is 8.59. The van der Waals surface area contributed by atoms with Crippen molar-refractivity contribution in [3.8, 4) is 0 Å². The monoisotopic (exact) mass is 340 g/mol. The molecular formula is C11H20N2O2S4. The van der Waals surface area contributed by atoms with Crippen molar-refractivity contribution < 1.29 is 9.59 Å². The maximum atomic E-state index is 11.5. The molecule has 19 heavy (non-hydrogen) atoms. The van der Waals surface area contributed by atoms with Crippen molar-refractivity contribution in [2.75, 3.05) is 24.8 Å². The van der Waals surface area contributed by atoms with E-state index in [0.717, 1.165) is 5.75 Å². The number of amides is 2. The van der Waals surface area contributed by atoms with E-state index >= 15 is 0 Å². The molecular weight excluding hydrogens is 320 g/mol. The van der Waals surface area contributed by atoms with E-state index in [2.05, 4.69) is 17.2 Å². The van der Waals surface area contributed by atoms with Crippen molar-refractivity contribution in [3.63, 3.8) is 0 Å². The molecule has 0 unspecified atom stereocenters. The zero-order chi connectivity index (χ0) is 14.5. The molecule has 0 heterocycles. The third-order valence-corrected chi connectivity index (χ3v) is 5.28. The van der Waals surface area contributed by atoms with E-state index in [1.54, 1.807) is 21.6 Å². The lowest BCUT2D eigenvalue weighted by molar-refractivity contribution is -0.121. The minimum atomic E-state index is -0.0858. The van der Waals surface area contributed by atoms with Gasteiger partial charge in [0.2, 0.25) is 11.8 Å². The van der Waals surface area contributed by atoms with Gasteiger partial charge in [0.25, 0.3) is 0 Å². The molecule has 0 aromatic rings. The maximum absolute atomic E-state index is 11.5. The smallest absolute Gasteiger partial charge is 0.224 e. The summed E-state index contributed by atoms with van der Waals surface area (Å²) in [6, 6.07) is 0. The molecule has 2 N–H and O–H groups in total. The summed E-state index contributed by atoms with van der Waals surface area (Å²) in [6.45, 7) is 4.39. The second kappa shape index (κ2) is 13.1. The van der Waals surface area contributed by atoms with Crippen LogP contribution in [0.3, 0.4) is 0 Å². The summed E-state index contributed by atoms with van der Waals surface area (Å²) < 4.78 is 0. The normalized spacial score (nSPS) is 10.0. The van der Waals surface area contributed by atoms with Gasteiger partial charge >= 0.3 is 0 Å². The Bertz CT molecular complexity index is 300. The van der Waals surface area contributed by atoms with Crippen molar-refractivity contribution in [1.29, 1.82) is 0 Å². The lowest BCUT2D eigenvalue weighted by Gasteiger charge is -2.06. The first-order valence-electron chi connectivity index (χ1n) is 5.72. The summed E-state index contributed by atoms with van der Waals surface area (Å²) in [5, 5.41) is 6.14. The van der Waals surface area contributed by atoms with Gasteiger partial charge < -0.3 is 10.6 Å². The quantitative estimate of drug-likeness (QED) is 0.445. The number of nitrogens with one attached hydrogen (secondary N) is 2. The van der Waals surface area contributed by atoms with Crippen LogP contribution in [0.5, 0.6) is 0 Å². The van der Waals surface area contributed by atoms with Crippen LogP contribution < -0.4 is 10.6 Å². The lowest BCUT2D eigenvalue weighted by Crippen LogP contribution is -2.26. The maximum Gasteiger partial charge on any atom is 0.224 e. The third-order valence-electron chi connectivity index (χ3n) is 1.90. The number of carbonyl (C=O) groups excluding carboxylic acids is 2. The van der Waals surface area contributed by atoms with Gasteiger partial charge in [0.15, 0.2) is 0 Å². The minimum absolute atomic E-state index is 0.00631. The summed E-state index contributed by atoms with van der Waals surface area (Å²) in [5.41, 5.74) is 0. The van der Waals surface area contributed by atoms with Crippen molar-refractivity contribution in [2.24, 2.45) is 0 Å². The van der Waals surface area contributed by atoms with Crippen molar-refractivity contribution in [2.45, 2.75) is 19.3 Å². The van der Waals surface area contributed by atoms with Gasteiger partial charge in [0.1, 0.15) is 0 Å². The molecule has 0 atom stereocenters. The molecule has 0 spiro atoms. The van der Waals surface area contributed by atoms with E-state index < -0.39 is 0 Å². The summed E-state index contributed by atoms with van der Waals surface area (Å²) in [5.74, 6) is 0.822. The molecule has 4 nitrogen and oxygen atoms in total. The van der Waals surface area contributed by atoms with Crippen LogP contribution in [-0.2, 0) is 9.59 Å².